The van der Waals surface area contributed by atoms with E-state index in [-0.39, 0.29) is 0 Å². The Hall–Kier alpha value is -2.50. The highest BCUT2D eigenvalue weighted by molar-refractivity contribution is 5.51. The minimum absolute atomic E-state index is 0.327. The molecule has 0 aliphatic rings. The molecule has 2 rings (SSSR count). The Balaban J connectivity index is 1.99. The van der Waals surface area contributed by atoms with Gasteiger partial charge < -0.3 is 15.5 Å². The van der Waals surface area contributed by atoms with Gasteiger partial charge in [0, 0.05) is 18.2 Å². The molecule has 0 aliphatic heterocycles. The van der Waals surface area contributed by atoms with Crippen LogP contribution in [-0.2, 0) is 6.42 Å². The highest BCUT2D eigenvalue weighted by Gasteiger charge is 2.00. The van der Waals surface area contributed by atoms with Crippen LogP contribution in [-0.4, -0.2) is 16.6 Å². The van der Waals surface area contributed by atoms with Crippen LogP contribution in [0.3, 0.4) is 0 Å². The van der Waals surface area contributed by atoms with E-state index in [0.29, 0.717) is 30.2 Å². The summed E-state index contributed by atoms with van der Waals surface area (Å²) in [6.07, 6.45) is 0.424. The van der Waals surface area contributed by atoms with Crippen LogP contribution in [0.1, 0.15) is 5.69 Å². The number of H-pyrrole nitrogens is 2. The SMILES string of the molecule is Nc1ccccc1OCCc1cc(=O)[nH]c(=O)[nH]1. The first-order chi connectivity index (χ1) is 8.65. The van der Waals surface area contributed by atoms with Crippen LogP contribution < -0.4 is 21.7 Å². The van der Waals surface area contributed by atoms with Crippen LogP contribution in [0.4, 0.5) is 5.69 Å². The Morgan fingerprint density at radius 2 is 1.94 bits per heavy atom. The molecule has 94 valence electrons. The van der Waals surface area contributed by atoms with E-state index in [9.17, 15) is 9.59 Å². The average molecular weight is 247 g/mol. The molecule has 1 heterocycles. The lowest BCUT2D eigenvalue weighted by molar-refractivity contribution is 0.322. The number of hydrogen-bond donors (Lipinski definition) is 3. The Bertz CT molecular complexity index is 617. The normalized spacial score (nSPS) is 10.2. The quantitative estimate of drug-likeness (QED) is 0.675. The topological polar surface area (TPSA) is 101 Å². The van der Waals surface area contributed by atoms with Gasteiger partial charge in [-0.25, -0.2) is 4.79 Å². The summed E-state index contributed by atoms with van der Waals surface area (Å²) in [5, 5.41) is 0. The molecular weight excluding hydrogens is 234 g/mol. The molecule has 0 amide bonds. The van der Waals surface area contributed by atoms with Crippen molar-refractivity contribution in [2.24, 2.45) is 0 Å². The van der Waals surface area contributed by atoms with Crippen molar-refractivity contribution < 1.29 is 4.74 Å². The van der Waals surface area contributed by atoms with Crippen molar-refractivity contribution in [2.75, 3.05) is 12.3 Å². The predicted octanol–water partition coefficient (Wildman–Crippen LogP) is 0.267. The minimum atomic E-state index is -0.517. The van der Waals surface area contributed by atoms with Gasteiger partial charge >= 0.3 is 5.69 Å². The predicted molar refractivity (Wildman–Crippen MR) is 67.7 cm³/mol. The van der Waals surface area contributed by atoms with Crippen molar-refractivity contribution >= 4 is 5.69 Å². The lowest BCUT2D eigenvalue weighted by Crippen LogP contribution is -2.23. The number of hydrogen-bond acceptors (Lipinski definition) is 4. The highest BCUT2D eigenvalue weighted by Crippen LogP contribution is 2.19. The van der Waals surface area contributed by atoms with Crippen molar-refractivity contribution in [1.82, 2.24) is 9.97 Å². The van der Waals surface area contributed by atoms with Crippen molar-refractivity contribution in [3.8, 4) is 5.75 Å². The number of para-hydroxylation sites is 2. The molecule has 0 bridgehead atoms. The van der Waals surface area contributed by atoms with Gasteiger partial charge in [-0.3, -0.25) is 9.78 Å². The molecule has 2 aromatic rings. The molecule has 1 aromatic heterocycles. The second kappa shape index (κ2) is 5.22. The maximum Gasteiger partial charge on any atom is 0.325 e. The molecule has 0 atom stereocenters. The van der Waals surface area contributed by atoms with Crippen molar-refractivity contribution in [2.45, 2.75) is 6.42 Å². The van der Waals surface area contributed by atoms with Gasteiger partial charge in [-0.15, -0.1) is 0 Å². The Morgan fingerprint density at radius 1 is 1.17 bits per heavy atom. The van der Waals surface area contributed by atoms with Gasteiger partial charge in [0.15, 0.2) is 0 Å². The van der Waals surface area contributed by atoms with Crippen LogP contribution in [0.15, 0.2) is 39.9 Å². The number of ether oxygens (including phenoxy) is 1. The van der Waals surface area contributed by atoms with E-state index < -0.39 is 11.2 Å². The van der Waals surface area contributed by atoms with Crippen molar-refractivity contribution in [3.63, 3.8) is 0 Å². The van der Waals surface area contributed by atoms with Gasteiger partial charge in [0.1, 0.15) is 5.75 Å². The molecule has 1 aromatic carbocycles. The summed E-state index contributed by atoms with van der Waals surface area (Å²) < 4.78 is 5.46. The molecule has 0 fully saturated rings. The number of benzene rings is 1. The van der Waals surface area contributed by atoms with E-state index in [0.717, 1.165) is 0 Å². The Kier molecular flexibility index (Phi) is 3.47. The molecule has 0 unspecified atom stereocenters. The number of nitrogens with two attached hydrogens (primary N) is 1. The van der Waals surface area contributed by atoms with Crippen molar-refractivity contribution in [3.05, 3.63) is 56.9 Å². The van der Waals surface area contributed by atoms with Crippen LogP contribution in [0.5, 0.6) is 5.75 Å². The number of aromatic amines is 2. The van der Waals surface area contributed by atoms with Crippen LogP contribution in [0.25, 0.3) is 0 Å². The first kappa shape index (κ1) is 12.0. The number of rotatable bonds is 4. The lowest BCUT2D eigenvalue weighted by atomic mass is 10.3. The first-order valence-corrected chi connectivity index (χ1v) is 5.45. The summed E-state index contributed by atoms with van der Waals surface area (Å²) in [4.78, 5) is 26.7. The summed E-state index contributed by atoms with van der Waals surface area (Å²) in [5.74, 6) is 0.588. The minimum Gasteiger partial charge on any atom is -0.491 e. The Morgan fingerprint density at radius 3 is 2.67 bits per heavy atom. The molecular formula is C12H13N3O3. The number of nitrogen functional groups attached to an aromatic ring is 1. The van der Waals surface area contributed by atoms with E-state index in [1.165, 1.54) is 6.07 Å². The molecule has 0 saturated heterocycles. The van der Waals surface area contributed by atoms with E-state index in [1.54, 1.807) is 12.1 Å². The maximum atomic E-state index is 11.1. The van der Waals surface area contributed by atoms with E-state index in [4.69, 9.17) is 10.5 Å². The monoisotopic (exact) mass is 247 g/mol. The van der Waals surface area contributed by atoms with E-state index in [1.807, 2.05) is 12.1 Å². The lowest BCUT2D eigenvalue weighted by Gasteiger charge is -2.07. The Labute approximate surface area is 102 Å². The molecule has 0 radical (unpaired) electrons. The molecule has 0 spiro atoms. The zero-order chi connectivity index (χ0) is 13.0. The summed E-state index contributed by atoms with van der Waals surface area (Å²) in [6, 6.07) is 8.47. The third-order valence-electron chi connectivity index (χ3n) is 2.36. The molecule has 0 saturated carbocycles. The maximum absolute atomic E-state index is 11.1. The third kappa shape index (κ3) is 3.00. The second-order valence-electron chi connectivity index (χ2n) is 3.75. The molecule has 0 aliphatic carbocycles. The van der Waals surface area contributed by atoms with Crippen LogP contribution in [0, 0.1) is 0 Å². The average Bonchev–Trinajstić information content (AvgIpc) is 2.30. The van der Waals surface area contributed by atoms with E-state index >= 15 is 0 Å². The molecule has 6 heteroatoms. The fourth-order valence-electron chi connectivity index (χ4n) is 1.54. The smallest absolute Gasteiger partial charge is 0.325 e. The molecule has 18 heavy (non-hydrogen) atoms. The summed E-state index contributed by atoms with van der Waals surface area (Å²) >= 11 is 0. The largest absolute Gasteiger partial charge is 0.491 e. The summed E-state index contributed by atoms with van der Waals surface area (Å²) in [6.45, 7) is 0.327. The molecule has 6 nitrogen and oxygen atoms in total. The zero-order valence-electron chi connectivity index (χ0n) is 9.60. The van der Waals surface area contributed by atoms with Crippen molar-refractivity contribution in [1.29, 1.82) is 0 Å². The molecule has 4 N–H and O–H groups in total. The highest BCUT2D eigenvalue weighted by atomic mass is 16.5. The van der Waals surface area contributed by atoms with Gasteiger partial charge in [-0.1, -0.05) is 12.1 Å². The standard InChI is InChI=1S/C12H13N3O3/c13-9-3-1-2-4-10(9)18-6-5-8-7-11(16)15-12(17)14-8/h1-4,7H,5-6,13H2,(H2,14,15,16,17). The van der Waals surface area contributed by atoms with Crippen LogP contribution >= 0.6 is 0 Å². The van der Waals surface area contributed by atoms with Gasteiger partial charge in [0.25, 0.3) is 5.56 Å². The zero-order valence-corrected chi connectivity index (χ0v) is 9.60. The van der Waals surface area contributed by atoms with Crippen LogP contribution in [0.2, 0.25) is 0 Å². The fourth-order valence-corrected chi connectivity index (χ4v) is 1.54. The fraction of sp³-hybridized carbons (Fsp3) is 0.167. The van der Waals surface area contributed by atoms with Gasteiger partial charge in [-0.05, 0) is 12.1 Å². The van der Waals surface area contributed by atoms with Gasteiger partial charge in [0.2, 0.25) is 0 Å². The van der Waals surface area contributed by atoms with Gasteiger partial charge in [0.05, 0.1) is 12.3 Å². The van der Waals surface area contributed by atoms with Gasteiger partial charge in [-0.2, -0.15) is 0 Å². The third-order valence-corrected chi connectivity index (χ3v) is 2.36. The second-order valence-corrected chi connectivity index (χ2v) is 3.75. The summed E-state index contributed by atoms with van der Waals surface area (Å²) in [7, 11) is 0. The first-order valence-electron chi connectivity index (χ1n) is 5.45. The number of anilines is 1. The number of nitrogens with one attached hydrogen (secondary N) is 2. The van der Waals surface area contributed by atoms with E-state index in [2.05, 4.69) is 9.97 Å². The number of aromatic nitrogens is 2. The summed E-state index contributed by atoms with van der Waals surface area (Å²) in [5.41, 5.74) is 5.85.